The molecular weight excluding hydrogens is 414 g/mol. The van der Waals surface area contributed by atoms with E-state index in [1.165, 1.54) is 12.1 Å². The quantitative estimate of drug-likeness (QED) is 0.551. The minimum atomic E-state index is -3.66. The van der Waals surface area contributed by atoms with E-state index in [0.29, 0.717) is 12.1 Å². The van der Waals surface area contributed by atoms with Crippen molar-refractivity contribution in [1.29, 1.82) is 0 Å². The first-order valence-electron chi connectivity index (χ1n) is 10.7. The standard InChI is InChI=1S/C23H29N3O4S/c1-2-7-22(27)25-20-12-5-8-17(14-20)16-24-23(28)18-9-6-13-21(15-18)31(29,30)26-19-10-3-4-11-19/h5-6,8-9,12-15,19,26H,2-4,7,10-11,16H2,1H3,(H,24,28)(H,25,27). The van der Waals surface area contributed by atoms with E-state index in [1.807, 2.05) is 19.1 Å². The topological polar surface area (TPSA) is 104 Å². The highest BCUT2D eigenvalue weighted by molar-refractivity contribution is 7.89. The summed E-state index contributed by atoms with van der Waals surface area (Å²) in [5.41, 5.74) is 1.78. The number of carbonyl (C=O) groups excluding carboxylic acids is 2. The number of sulfonamides is 1. The van der Waals surface area contributed by atoms with Gasteiger partial charge in [-0.25, -0.2) is 13.1 Å². The molecule has 2 aromatic carbocycles. The van der Waals surface area contributed by atoms with Crippen molar-refractivity contribution in [2.24, 2.45) is 0 Å². The van der Waals surface area contributed by atoms with Gasteiger partial charge < -0.3 is 10.6 Å². The van der Waals surface area contributed by atoms with Crippen molar-refractivity contribution < 1.29 is 18.0 Å². The van der Waals surface area contributed by atoms with Crippen molar-refractivity contribution in [3.63, 3.8) is 0 Å². The lowest BCUT2D eigenvalue weighted by atomic mass is 10.1. The fourth-order valence-electron chi connectivity index (χ4n) is 3.63. The van der Waals surface area contributed by atoms with Gasteiger partial charge in [0.25, 0.3) is 5.91 Å². The van der Waals surface area contributed by atoms with Gasteiger partial charge in [0.05, 0.1) is 4.90 Å². The average molecular weight is 444 g/mol. The van der Waals surface area contributed by atoms with Crippen LogP contribution in [0.3, 0.4) is 0 Å². The molecule has 0 atom stereocenters. The third kappa shape index (κ3) is 6.63. The van der Waals surface area contributed by atoms with Gasteiger partial charge in [0, 0.05) is 30.3 Å². The molecule has 166 valence electrons. The largest absolute Gasteiger partial charge is 0.348 e. The van der Waals surface area contributed by atoms with E-state index >= 15 is 0 Å². The van der Waals surface area contributed by atoms with Gasteiger partial charge in [-0.15, -0.1) is 0 Å². The third-order valence-electron chi connectivity index (χ3n) is 5.22. The summed E-state index contributed by atoms with van der Waals surface area (Å²) >= 11 is 0. The molecule has 7 nitrogen and oxygen atoms in total. The zero-order valence-electron chi connectivity index (χ0n) is 17.7. The normalized spacial score (nSPS) is 14.4. The maximum atomic E-state index is 12.6. The van der Waals surface area contributed by atoms with Gasteiger partial charge in [0.2, 0.25) is 15.9 Å². The Labute approximate surface area is 183 Å². The van der Waals surface area contributed by atoms with Crippen molar-refractivity contribution in [2.75, 3.05) is 5.32 Å². The van der Waals surface area contributed by atoms with Crippen molar-refractivity contribution in [3.05, 3.63) is 59.7 Å². The molecule has 8 heteroatoms. The monoisotopic (exact) mass is 443 g/mol. The summed E-state index contributed by atoms with van der Waals surface area (Å²) in [6.45, 7) is 2.20. The van der Waals surface area contributed by atoms with Gasteiger partial charge in [0.15, 0.2) is 0 Å². The van der Waals surface area contributed by atoms with Gasteiger partial charge in [-0.1, -0.05) is 38.0 Å². The summed E-state index contributed by atoms with van der Waals surface area (Å²) in [5.74, 6) is -0.411. The van der Waals surface area contributed by atoms with E-state index < -0.39 is 10.0 Å². The molecule has 0 spiro atoms. The molecule has 1 saturated carbocycles. The van der Waals surface area contributed by atoms with Crippen LogP contribution in [0.5, 0.6) is 0 Å². The van der Waals surface area contributed by atoms with Crippen LogP contribution in [0.4, 0.5) is 5.69 Å². The maximum Gasteiger partial charge on any atom is 0.251 e. The summed E-state index contributed by atoms with van der Waals surface area (Å²) in [6.07, 6.45) is 4.97. The highest BCUT2D eigenvalue weighted by atomic mass is 32.2. The molecule has 1 aliphatic carbocycles. The first-order chi connectivity index (χ1) is 14.9. The molecule has 31 heavy (non-hydrogen) atoms. The highest BCUT2D eigenvalue weighted by Gasteiger charge is 2.23. The number of benzene rings is 2. The lowest BCUT2D eigenvalue weighted by Crippen LogP contribution is -2.32. The first-order valence-corrected chi connectivity index (χ1v) is 12.1. The van der Waals surface area contributed by atoms with Crippen LogP contribution in [0.25, 0.3) is 0 Å². The summed E-state index contributed by atoms with van der Waals surface area (Å²) in [7, 11) is -3.66. The second kappa shape index (κ2) is 10.5. The number of anilines is 1. The zero-order valence-corrected chi connectivity index (χ0v) is 18.5. The van der Waals surface area contributed by atoms with Crippen molar-refractivity contribution >= 4 is 27.5 Å². The molecule has 2 amide bonds. The number of carbonyl (C=O) groups is 2. The van der Waals surface area contributed by atoms with E-state index in [1.54, 1.807) is 24.3 Å². The molecule has 1 aliphatic rings. The highest BCUT2D eigenvalue weighted by Crippen LogP contribution is 2.21. The Hall–Kier alpha value is -2.71. The van der Waals surface area contributed by atoms with E-state index in [0.717, 1.165) is 37.7 Å². The first kappa shape index (κ1) is 23.0. The van der Waals surface area contributed by atoms with E-state index in [2.05, 4.69) is 15.4 Å². The van der Waals surface area contributed by atoms with Crippen LogP contribution in [0.15, 0.2) is 53.4 Å². The van der Waals surface area contributed by atoms with Crippen molar-refractivity contribution in [1.82, 2.24) is 10.0 Å². The van der Waals surface area contributed by atoms with Crippen LogP contribution in [-0.2, 0) is 21.4 Å². The minimum absolute atomic E-state index is 0.0347. The van der Waals surface area contributed by atoms with E-state index in [4.69, 9.17) is 0 Å². The molecule has 0 aromatic heterocycles. The molecule has 0 aliphatic heterocycles. The summed E-state index contributed by atoms with van der Waals surface area (Å²) in [5, 5.41) is 5.64. The summed E-state index contributed by atoms with van der Waals surface area (Å²) < 4.78 is 28.0. The molecule has 0 heterocycles. The molecule has 0 radical (unpaired) electrons. The Bertz CT molecular complexity index is 1030. The Morgan fingerprint density at radius 1 is 1.03 bits per heavy atom. The van der Waals surface area contributed by atoms with E-state index in [9.17, 15) is 18.0 Å². The maximum absolute atomic E-state index is 12.6. The lowest BCUT2D eigenvalue weighted by molar-refractivity contribution is -0.116. The number of hydrogen-bond donors (Lipinski definition) is 3. The predicted molar refractivity (Wildman–Crippen MR) is 120 cm³/mol. The lowest BCUT2D eigenvalue weighted by Gasteiger charge is -2.13. The SMILES string of the molecule is CCCC(=O)Nc1cccc(CNC(=O)c2cccc(S(=O)(=O)NC3CCCC3)c2)c1. The Kier molecular flexibility index (Phi) is 7.81. The Balaban J connectivity index is 1.62. The fraction of sp³-hybridized carbons (Fsp3) is 0.391. The molecule has 3 rings (SSSR count). The van der Waals surface area contributed by atoms with Gasteiger partial charge in [0.1, 0.15) is 0 Å². The molecule has 3 N–H and O–H groups in total. The van der Waals surface area contributed by atoms with Crippen LogP contribution in [0, 0.1) is 0 Å². The summed E-state index contributed by atoms with van der Waals surface area (Å²) in [4.78, 5) is 24.4. The number of rotatable bonds is 9. The van der Waals surface area contributed by atoms with Crippen molar-refractivity contribution in [2.45, 2.75) is 62.9 Å². The van der Waals surface area contributed by atoms with Crippen molar-refractivity contribution in [3.8, 4) is 0 Å². The summed E-state index contributed by atoms with van der Waals surface area (Å²) in [6, 6.07) is 13.3. The van der Waals surface area contributed by atoms with E-state index in [-0.39, 0.29) is 34.9 Å². The average Bonchev–Trinajstić information content (AvgIpc) is 3.25. The van der Waals surface area contributed by atoms with Gasteiger partial charge >= 0.3 is 0 Å². The molecular formula is C23H29N3O4S. The molecule has 0 bridgehead atoms. The fourth-order valence-corrected chi connectivity index (χ4v) is 4.98. The number of nitrogens with one attached hydrogen (secondary N) is 3. The van der Waals surface area contributed by atoms with Gasteiger partial charge in [-0.05, 0) is 55.2 Å². The minimum Gasteiger partial charge on any atom is -0.348 e. The molecule has 0 unspecified atom stereocenters. The number of hydrogen-bond acceptors (Lipinski definition) is 4. The molecule has 1 fully saturated rings. The van der Waals surface area contributed by atoms with Crippen LogP contribution < -0.4 is 15.4 Å². The second-order valence-corrected chi connectivity index (χ2v) is 9.53. The molecule has 0 saturated heterocycles. The van der Waals surface area contributed by atoms with Crippen LogP contribution >= 0.6 is 0 Å². The predicted octanol–water partition coefficient (Wildman–Crippen LogP) is 3.58. The zero-order chi connectivity index (χ0) is 22.3. The van der Waals surface area contributed by atoms with Crippen LogP contribution in [0.2, 0.25) is 0 Å². The van der Waals surface area contributed by atoms with Crippen LogP contribution in [0.1, 0.15) is 61.4 Å². The number of amides is 2. The smallest absolute Gasteiger partial charge is 0.251 e. The Morgan fingerprint density at radius 2 is 1.77 bits per heavy atom. The Morgan fingerprint density at radius 3 is 2.52 bits per heavy atom. The molecule has 2 aromatic rings. The van der Waals surface area contributed by atoms with Crippen LogP contribution in [-0.4, -0.2) is 26.3 Å². The van der Waals surface area contributed by atoms with Gasteiger partial charge in [-0.2, -0.15) is 0 Å². The van der Waals surface area contributed by atoms with Gasteiger partial charge in [-0.3, -0.25) is 9.59 Å². The second-order valence-electron chi connectivity index (χ2n) is 7.81. The third-order valence-corrected chi connectivity index (χ3v) is 6.74.